The summed E-state index contributed by atoms with van der Waals surface area (Å²) in [6, 6.07) is 8.86. The second-order valence-corrected chi connectivity index (χ2v) is 8.08. The number of carbonyl (C=O) groups is 1. The van der Waals surface area contributed by atoms with E-state index in [2.05, 4.69) is 9.88 Å². The molecule has 9 heteroatoms. The van der Waals surface area contributed by atoms with Crippen molar-refractivity contribution in [2.45, 2.75) is 25.8 Å². The average Bonchev–Trinajstić information content (AvgIpc) is 3.35. The number of amides is 1. The van der Waals surface area contributed by atoms with Crippen LogP contribution in [0.1, 0.15) is 34.5 Å². The number of hydrogen-bond donors (Lipinski definition) is 0. The van der Waals surface area contributed by atoms with Crippen molar-refractivity contribution >= 4 is 11.9 Å². The Morgan fingerprint density at radius 2 is 1.73 bits per heavy atom. The SMILES string of the molecule is O=C(c1ccc(F)cc1F)N1CCc2nc(N3CCCC3)nc(Oc3ccccc3F)c2C1. The van der Waals surface area contributed by atoms with Gasteiger partial charge in [-0.2, -0.15) is 4.98 Å². The van der Waals surface area contributed by atoms with Gasteiger partial charge in [0.15, 0.2) is 11.6 Å². The van der Waals surface area contributed by atoms with Crippen molar-refractivity contribution in [3.05, 3.63) is 76.7 Å². The molecule has 1 aromatic heterocycles. The van der Waals surface area contributed by atoms with Crippen LogP contribution in [-0.2, 0) is 13.0 Å². The van der Waals surface area contributed by atoms with Crippen LogP contribution in [0.15, 0.2) is 42.5 Å². The van der Waals surface area contributed by atoms with E-state index in [-0.39, 0.29) is 23.7 Å². The lowest BCUT2D eigenvalue weighted by molar-refractivity contribution is 0.0727. The molecule has 0 spiro atoms. The highest BCUT2D eigenvalue weighted by molar-refractivity contribution is 5.94. The number of benzene rings is 2. The van der Waals surface area contributed by atoms with Crippen molar-refractivity contribution in [2.75, 3.05) is 24.5 Å². The Kier molecular flexibility index (Phi) is 5.62. The van der Waals surface area contributed by atoms with Crippen molar-refractivity contribution in [1.82, 2.24) is 14.9 Å². The lowest BCUT2D eigenvalue weighted by atomic mass is 10.0. The van der Waals surface area contributed by atoms with Crippen molar-refractivity contribution in [3.8, 4) is 11.6 Å². The molecular weight excluding hydrogens is 433 g/mol. The highest BCUT2D eigenvalue weighted by Crippen LogP contribution is 2.33. The molecule has 5 rings (SSSR count). The molecule has 0 saturated carbocycles. The largest absolute Gasteiger partial charge is 0.435 e. The zero-order valence-corrected chi connectivity index (χ0v) is 17.7. The van der Waals surface area contributed by atoms with Gasteiger partial charge in [-0.05, 0) is 37.1 Å². The van der Waals surface area contributed by atoms with Gasteiger partial charge in [-0.1, -0.05) is 12.1 Å². The molecule has 3 heterocycles. The van der Waals surface area contributed by atoms with Gasteiger partial charge in [0.1, 0.15) is 11.6 Å². The number of fused-ring (bicyclic) bond motifs is 1. The highest BCUT2D eigenvalue weighted by atomic mass is 19.1. The first-order valence-corrected chi connectivity index (χ1v) is 10.8. The van der Waals surface area contributed by atoms with Crippen LogP contribution < -0.4 is 9.64 Å². The van der Waals surface area contributed by atoms with E-state index in [1.54, 1.807) is 12.1 Å². The van der Waals surface area contributed by atoms with Gasteiger partial charge in [0, 0.05) is 32.1 Å². The number of anilines is 1. The summed E-state index contributed by atoms with van der Waals surface area (Å²) in [4.78, 5) is 25.7. The van der Waals surface area contributed by atoms with Crippen LogP contribution in [0.2, 0.25) is 0 Å². The van der Waals surface area contributed by atoms with E-state index in [1.165, 1.54) is 17.0 Å². The molecule has 0 bridgehead atoms. The maximum Gasteiger partial charge on any atom is 0.257 e. The Morgan fingerprint density at radius 3 is 2.48 bits per heavy atom. The number of aromatic nitrogens is 2. The van der Waals surface area contributed by atoms with Crippen LogP contribution in [0.25, 0.3) is 0 Å². The van der Waals surface area contributed by atoms with Crippen LogP contribution in [0.5, 0.6) is 11.6 Å². The van der Waals surface area contributed by atoms with Crippen molar-refractivity contribution in [2.24, 2.45) is 0 Å². The number of rotatable bonds is 4. The number of ether oxygens (including phenoxy) is 1. The van der Waals surface area contributed by atoms with Crippen LogP contribution >= 0.6 is 0 Å². The van der Waals surface area contributed by atoms with Gasteiger partial charge < -0.3 is 14.5 Å². The molecule has 0 atom stereocenters. The molecule has 1 fully saturated rings. The summed E-state index contributed by atoms with van der Waals surface area (Å²) in [5.41, 5.74) is 1.04. The normalized spacial score (nSPS) is 15.5. The molecule has 170 valence electrons. The molecule has 0 aliphatic carbocycles. The molecule has 6 nitrogen and oxygen atoms in total. The molecule has 3 aromatic rings. The smallest absolute Gasteiger partial charge is 0.257 e. The van der Waals surface area contributed by atoms with Gasteiger partial charge in [0.25, 0.3) is 5.91 Å². The monoisotopic (exact) mass is 454 g/mol. The minimum Gasteiger partial charge on any atom is -0.435 e. The second kappa shape index (κ2) is 8.73. The van der Waals surface area contributed by atoms with E-state index in [4.69, 9.17) is 9.72 Å². The Balaban J connectivity index is 1.50. The third kappa shape index (κ3) is 4.22. The van der Waals surface area contributed by atoms with E-state index in [9.17, 15) is 18.0 Å². The molecule has 2 aromatic carbocycles. The summed E-state index contributed by atoms with van der Waals surface area (Å²) in [5, 5.41) is 0. The van der Waals surface area contributed by atoms with Crippen LogP contribution in [0.4, 0.5) is 19.1 Å². The summed E-state index contributed by atoms with van der Waals surface area (Å²) in [5.74, 6) is -2.08. The van der Waals surface area contributed by atoms with Crippen LogP contribution in [0, 0.1) is 17.5 Å². The third-order valence-corrected chi connectivity index (χ3v) is 5.89. The summed E-state index contributed by atoms with van der Waals surface area (Å²) in [6.07, 6.45) is 2.48. The fraction of sp³-hybridized carbons (Fsp3) is 0.292. The fourth-order valence-electron chi connectivity index (χ4n) is 4.15. The van der Waals surface area contributed by atoms with Gasteiger partial charge in [0.05, 0.1) is 23.4 Å². The van der Waals surface area contributed by atoms with E-state index < -0.39 is 23.4 Å². The van der Waals surface area contributed by atoms with Crippen LogP contribution in [0.3, 0.4) is 0 Å². The molecule has 2 aliphatic rings. The molecule has 0 radical (unpaired) electrons. The van der Waals surface area contributed by atoms with Gasteiger partial charge in [0.2, 0.25) is 11.8 Å². The Hall–Kier alpha value is -3.62. The van der Waals surface area contributed by atoms with Gasteiger partial charge in [-0.25, -0.2) is 18.2 Å². The van der Waals surface area contributed by atoms with Gasteiger partial charge in [-0.3, -0.25) is 4.79 Å². The zero-order chi connectivity index (χ0) is 22.9. The third-order valence-electron chi connectivity index (χ3n) is 5.89. The standard InChI is InChI=1S/C24H21F3N4O2/c25-15-7-8-16(19(27)13-15)23(32)31-12-9-20-17(14-31)22(33-21-6-2-1-5-18(21)26)29-24(28-20)30-10-3-4-11-30/h1-2,5-8,13H,3-4,9-12,14H2. The lowest BCUT2D eigenvalue weighted by Crippen LogP contribution is -2.37. The zero-order valence-electron chi connectivity index (χ0n) is 17.7. The maximum absolute atomic E-state index is 14.3. The van der Waals surface area contributed by atoms with Gasteiger partial charge >= 0.3 is 0 Å². The van der Waals surface area contributed by atoms with E-state index >= 15 is 0 Å². The topological polar surface area (TPSA) is 58.6 Å². The molecule has 2 aliphatic heterocycles. The predicted octanol–water partition coefficient (Wildman–Crippen LogP) is 4.48. The maximum atomic E-state index is 14.3. The lowest BCUT2D eigenvalue weighted by Gasteiger charge is -2.30. The van der Waals surface area contributed by atoms with E-state index in [1.807, 2.05) is 0 Å². The molecule has 0 N–H and O–H groups in total. The summed E-state index contributed by atoms with van der Waals surface area (Å²) >= 11 is 0. The van der Waals surface area contributed by atoms with Gasteiger partial charge in [-0.15, -0.1) is 0 Å². The Bertz CT molecular complexity index is 1210. The minimum atomic E-state index is -0.922. The minimum absolute atomic E-state index is 0.0128. The quantitative estimate of drug-likeness (QED) is 0.582. The fourth-order valence-corrected chi connectivity index (χ4v) is 4.15. The summed E-state index contributed by atoms with van der Waals surface area (Å²) in [6.45, 7) is 2.02. The first-order chi connectivity index (χ1) is 16.0. The second-order valence-electron chi connectivity index (χ2n) is 8.08. The number of nitrogens with zero attached hydrogens (tertiary/aromatic N) is 4. The molecule has 1 saturated heterocycles. The number of para-hydroxylation sites is 1. The number of halogens is 3. The molecular formula is C24H21F3N4O2. The van der Waals surface area contributed by atoms with E-state index in [0.29, 0.717) is 36.2 Å². The first kappa shape index (κ1) is 21.2. The predicted molar refractivity (Wildman–Crippen MR) is 115 cm³/mol. The van der Waals surface area contributed by atoms with Crippen molar-refractivity contribution < 1.29 is 22.7 Å². The number of carbonyl (C=O) groups excluding carboxylic acids is 1. The molecule has 1 amide bonds. The molecule has 33 heavy (non-hydrogen) atoms. The van der Waals surface area contributed by atoms with Crippen LogP contribution in [-0.4, -0.2) is 40.4 Å². The van der Waals surface area contributed by atoms with Crippen molar-refractivity contribution in [1.29, 1.82) is 0 Å². The van der Waals surface area contributed by atoms with Crippen molar-refractivity contribution in [3.63, 3.8) is 0 Å². The Morgan fingerprint density at radius 1 is 0.939 bits per heavy atom. The average molecular weight is 454 g/mol. The Labute approximate surface area is 188 Å². The first-order valence-electron chi connectivity index (χ1n) is 10.8. The van der Waals surface area contributed by atoms with E-state index in [0.717, 1.165) is 38.1 Å². The number of hydrogen-bond acceptors (Lipinski definition) is 5. The summed E-state index contributed by atoms with van der Waals surface area (Å²) < 4.78 is 47.6. The highest BCUT2D eigenvalue weighted by Gasteiger charge is 2.30. The summed E-state index contributed by atoms with van der Waals surface area (Å²) in [7, 11) is 0. The molecule has 0 unspecified atom stereocenters.